The van der Waals surface area contributed by atoms with Crippen molar-refractivity contribution in [1.29, 1.82) is 0 Å². The van der Waals surface area contributed by atoms with Crippen molar-refractivity contribution in [2.75, 3.05) is 27.4 Å². The first-order chi connectivity index (χ1) is 10.3. The van der Waals surface area contributed by atoms with E-state index in [0.29, 0.717) is 13.2 Å². The minimum Gasteiger partial charge on any atom is -0.491 e. The summed E-state index contributed by atoms with van der Waals surface area (Å²) >= 11 is 0. The second kappa shape index (κ2) is 7.76. The van der Waals surface area contributed by atoms with Crippen LogP contribution in [0.2, 0.25) is 0 Å². The SMILES string of the molecule is CNC(c1ccnc(C)c1)c1ccccc1OCCOC. The molecule has 0 saturated carbocycles. The highest BCUT2D eigenvalue weighted by atomic mass is 16.5. The molecule has 1 aromatic carbocycles. The van der Waals surface area contributed by atoms with Crippen LogP contribution in [0.4, 0.5) is 0 Å². The van der Waals surface area contributed by atoms with Crippen LogP contribution in [0.5, 0.6) is 5.75 Å². The topological polar surface area (TPSA) is 43.4 Å². The van der Waals surface area contributed by atoms with E-state index in [1.54, 1.807) is 7.11 Å². The number of para-hydroxylation sites is 1. The smallest absolute Gasteiger partial charge is 0.124 e. The monoisotopic (exact) mass is 286 g/mol. The van der Waals surface area contributed by atoms with Crippen LogP contribution >= 0.6 is 0 Å². The van der Waals surface area contributed by atoms with Gasteiger partial charge in [-0.15, -0.1) is 0 Å². The number of hydrogen-bond acceptors (Lipinski definition) is 4. The number of aromatic nitrogens is 1. The van der Waals surface area contributed by atoms with Crippen LogP contribution in [0, 0.1) is 6.92 Å². The van der Waals surface area contributed by atoms with E-state index in [1.807, 2.05) is 44.4 Å². The Kier molecular flexibility index (Phi) is 5.72. The predicted octanol–water partition coefficient (Wildman–Crippen LogP) is 2.72. The highest BCUT2D eigenvalue weighted by Gasteiger charge is 2.16. The quantitative estimate of drug-likeness (QED) is 0.795. The van der Waals surface area contributed by atoms with Gasteiger partial charge in [0.15, 0.2) is 0 Å². The molecular formula is C17H22N2O2. The van der Waals surface area contributed by atoms with Crippen molar-refractivity contribution in [2.45, 2.75) is 13.0 Å². The highest BCUT2D eigenvalue weighted by molar-refractivity contribution is 5.41. The molecule has 0 amide bonds. The van der Waals surface area contributed by atoms with Crippen LogP contribution in [-0.2, 0) is 4.74 Å². The van der Waals surface area contributed by atoms with E-state index < -0.39 is 0 Å². The lowest BCUT2D eigenvalue weighted by Gasteiger charge is -2.21. The van der Waals surface area contributed by atoms with Gasteiger partial charge in [-0.3, -0.25) is 4.98 Å². The molecule has 2 rings (SSSR count). The van der Waals surface area contributed by atoms with Crippen molar-refractivity contribution in [1.82, 2.24) is 10.3 Å². The minimum absolute atomic E-state index is 0.0745. The first-order valence-corrected chi connectivity index (χ1v) is 7.06. The van der Waals surface area contributed by atoms with Crippen molar-refractivity contribution in [2.24, 2.45) is 0 Å². The Morgan fingerprint density at radius 3 is 2.71 bits per heavy atom. The zero-order valence-corrected chi connectivity index (χ0v) is 12.8. The van der Waals surface area contributed by atoms with E-state index >= 15 is 0 Å². The maximum atomic E-state index is 5.83. The molecule has 1 unspecified atom stereocenters. The molecule has 0 spiro atoms. The van der Waals surface area contributed by atoms with Gasteiger partial charge >= 0.3 is 0 Å². The maximum Gasteiger partial charge on any atom is 0.124 e. The van der Waals surface area contributed by atoms with Gasteiger partial charge in [-0.05, 0) is 37.7 Å². The van der Waals surface area contributed by atoms with Crippen LogP contribution in [0.25, 0.3) is 0 Å². The molecule has 1 N–H and O–H groups in total. The van der Waals surface area contributed by atoms with E-state index in [-0.39, 0.29) is 6.04 Å². The molecule has 0 aliphatic carbocycles. The first-order valence-electron chi connectivity index (χ1n) is 7.06. The van der Waals surface area contributed by atoms with Gasteiger partial charge in [-0.1, -0.05) is 18.2 Å². The Morgan fingerprint density at radius 1 is 1.19 bits per heavy atom. The van der Waals surface area contributed by atoms with Crippen LogP contribution in [-0.4, -0.2) is 32.4 Å². The Morgan fingerprint density at radius 2 is 2.00 bits per heavy atom. The van der Waals surface area contributed by atoms with E-state index in [2.05, 4.69) is 22.4 Å². The molecule has 21 heavy (non-hydrogen) atoms. The number of pyridine rings is 1. The second-order valence-electron chi connectivity index (χ2n) is 4.83. The van der Waals surface area contributed by atoms with Crippen molar-refractivity contribution in [3.63, 3.8) is 0 Å². The molecule has 4 heteroatoms. The van der Waals surface area contributed by atoms with E-state index in [0.717, 1.165) is 17.0 Å². The Labute approximate surface area is 126 Å². The standard InChI is InChI=1S/C17H22N2O2/c1-13-12-14(8-9-19-13)17(18-2)15-6-4-5-7-16(15)21-11-10-20-3/h4-9,12,17-18H,10-11H2,1-3H3. The maximum absolute atomic E-state index is 5.83. The van der Waals surface area contributed by atoms with Gasteiger partial charge in [-0.25, -0.2) is 0 Å². The summed E-state index contributed by atoms with van der Waals surface area (Å²) in [5.41, 5.74) is 3.29. The molecule has 4 nitrogen and oxygen atoms in total. The number of nitrogens with zero attached hydrogens (tertiary/aromatic N) is 1. The molecule has 0 fully saturated rings. The molecular weight excluding hydrogens is 264 g/mol. The number of nitrogens with one attached hydrogen (secondary N) is 1. The molecule has 2 aromatic rings. The summed E-state index contributed by atoms with van der Waals surface area (Å²) in [5, 5.41) is 3.35. The van der Waals surface area contributed by atoms with Gasteiger partial charge in [0.1, 0.15) is 12.4 Å². The predicted molar refractivity (Wildman–Crippen MR) is 83.7 cm³/mol. The molecule has 0 bridgehead atoms. The molecule has 112 valence electrons. The average Bonchev–Trinajstić information content (AvgIpc) is 2.50. The second-order valence-corrected chi connectivity index (χ2v) is 4.83. The number of aryl methyl sites for hydroxylation is 1. The van der Waals surface area contributed by atoms with Crippen LogP contribution in [0.1, 0.15) is 22.9 Å². The molecule has 0 saturated heterocycles. The van der Waals surface area contributed by atoms with Crippen LogP contribution < -0.4 is 10.1 Å². The van der Waals surface area contributed by atoms with E-state index in [4.69, 9.17) is 9.47 Å². The number of benzene rings is 1. The fourth-order valence-corrected chi connectivity index (χ4v) is 2.33. The summed E-state index contributed by atoms with van der Waals surface area (Å²) in [6, 6.07) is 12.3. The Hall–Kier alpha value is -1.91. The lowest BCUT2D eigenvalue weighted by Crippen LogP contribution is -2.19. The summed E-state index contributed by atoms with van der Waals surface area (Å²) in [5.74, 6) is 0.878. The first kappa shape index (κ1) is 15.5. The third-order valence-corrected chi connectivity index (χ3v) is 3.32. The highest BCUT2D eigenvalue weighted by Crippen LogP contribution is 2.29. The van der Waals surface area contributed by atoms with Gasteiger partial charge in [0.05, 0.1) is 12.6 Å². The van der Waals surface area contributed by atoms with E-state index in [9.17, 15) is 0 Å². The van der Waals surface area contributed by atoms with Crippen molar-refractivity contribution in [3.05, 3.63) is 59.4 Å². The van der Waals surface area contributed by atoms with E-state index in [1.165, 1.54) is 5.56 Å². The summed E-state index contributed by atoms with van der Waals surface area (Å²) in [6.45, 7) is 3.11. The van der Waals surface area contributed by atoms with Crippen molar-refractivity contribution >= 4 is 0 Å². The molecule has 0 radical (unpaired) electrons. The van der Waals surface area contributed by atoms with Gasteiger partial charge in [-0.2, -0.15) is 0 Å². The lowest BCUT2D eigenvalue weighted by atomic mass is 9.98. The van der Waals surface area contributed by atoms with Gasteiger partial charge in [0, 0.05) is 24.6 Å². The van der Waals surface area contributed by atoms with Crippen LogP contribution in [0.3, 0.4) is 0 Å². The largest absolute Gasteiger partial charge is 0.491 e. The zero-order chi connectivity index (χ0) is 15.1. The normalized spacial score (nSPS) is 12.1. The minimum atomic E-state index is 0.0745. The summed E-state index contributed by atoms with van der Waals surface area (Å²) in [6.07, 6.45) is 1.84. The fraction of sp³-hybridized carbons (Fsp3) is 0.353. The third-order valence-electron chi connectivity index (χ3n) is 3.32. The number of ether oxygens (including phenoxy) is 2. The summed E-state index contributed by atoms with van der Waals surface area (Å²) in [7, 11) is 3.62. The van der Waals surface area contributed by atoms with Crippen molar-refractivity contribution in [3.8, 4) is 5.75 Å². The molecule has 1 aromatic heterocycles. The third kappa shape index (κ3) is 4.03. The molecule has 0 aliphatic rings. The number of methoxy groups -OCH3 is 1. The van der Waals surface area contributed by atoms with Crippen LogP contribution in [0.15, 0.2) is 42.6 Å². The number of rotatable bonds is 7. The molecule has 1 heterocycles. The molecule has 1 atom stereocenters. The van der Waals surface area contributed by atoms with Gasteiger partial charge in [0.25, 0.3) is 0 Å². The van der Waals surface area contributed by atoms with Crippen molar-refractivity contribution < 1.29 is 9.47 Å². The Balaban J connectivity index is 2.29. The van der Waals surface area contributed by atoms with Gasteiger partial charge < -0.3 is 14.8 Å². The average molecular weight is 286 g/mol. The number of hydrogen-bond donors (Lipinski definition) is 1. The van der Waals surface area contributed by atoms with Gasteiger partial charge in [0.2, 0.25) is 0 Å². The summed E-state index contributed by atoms with van der Waals surface area (Å²) in [4.78, 5) is 4.26. The zero-order valence-electron chi connectivity index (χ0n) is 12.8. The Bertz CT molecular complexity index is 572. The fourth-order valence-electron chi connectivity index (χ4n) is 2.33. The molecule has 0 aliphatic heterocycles. The lowest BCUT2D eigenvalue weighted by molar-refractivity contribution is 0.145. The summed E-state index contributed by atoms with van der Waals surface area (Å²) < 4.78 is 10.9.